The van der Waals surface area contributed by atoms with Crippen molar-refractivity contribution >= 4 is 22.7 Å². The molecule has 1 heterocycles. The van der Waals surface area contributed by atoms with Crippen molar-refractivity contribution in [3.05, 3.63) is 64.7 Å². The maximum Gasteiger partial charge on any atom is 0.266 e. The first kappa shape index (κ1) is 17.2. The topological polar surface area (TPSA) is 58.7 Å². The van der Waals surface area contributed by atoms with Gasteiger partial charge < -0.3 is 0 Å². The number of halogens is 1. The van der Waals surface area contributed by atoms with Crippen LogP contribution in [0.1, 0.15) is 19.3 Å². The number of nitrogens with zero attached hydrogens (tertiary/aromatic N) is 3. The van der Waals surface area contributed by atoms with Gasteiger partial charge in [-0.3, -0.25) is 9.36 Å². The van der Waals surface area contributed by atoms with Crippen molar-refractivity contribution in [2.45, 2.75) is 24.4 Å². The summed E-state index contributed by atoms with van der Waals surface area (Å²) < 4.78 is 14.8. The van der Waals surface area contributed by atoms with E-state index in [1.807, 2.05) is 12.1 Å². The maximum atomic E-state index is 13.2. The predicted molar refractivity (Wildman–Crippen MR) is 97.5 cm³/mol. The number of rotatable bonds is 6. The van der Waals surface area contributed by atoms with Crippen molar-refractivity contribution in [2.24, 2.45) is 0 Å². The van der Waals surface area contributed by atoms with Crippen molar-refractivity contribution in [1.82, 2.24) is 9.55 Å². The summed E-state index contributed by atoms with van der Waals surface area (Å²) in [6, 6.07) is 15.1. The predicted octanol–water partition coefficient (Wildman–Crippen LogP) is 4.31. The highest BCUT2D eigenvalue weighted by Gasteiger charge is 2.13. The molecule has 0 spiro atoms. The fourth-order valence-corrected chi connectivity index (χ4v) is 3.51. The molecule has 0 fully saturated rings. The van der Waals surface area contributed by atoms with E-state index in [9.17, 15) is 9.18 Å². The molecule has 2 aromatic carbocycles. The Kier molecular flexibility index (Phi) is 5.46. The Labute approximate surface area is 148 Å². The highest BCUT2D eigenvalue weighted by atomic mass is 32.2. The Bertz CT molecular complexity index is 977. The molecule has 0 bridgehead atoms. The third-order valence-corrected chi connectivity index (χ3v) is 4.77. The number of benzene rings is 2. The summed E-state index contributed by atoms with van der Waals surface area (Å²) in [7, 11) is 0. The summed E-state index contributed by atoms with van der Waals surface area (Å²) in [5.41, 5.74) is 1.06. The first-order valence-corrected chi connectivity index (χ1v) is 8.97. The van der Waals surface area contributed by atoms with Gasteiger partial charge in [-0.05, 0) is 49.2 Å². The van der Waals surface area contributed by atoms with Crippen LogP contribution in [0.25, 0.3) is 16.6 Å². The van der Waals surface area contributed by atoms with Crippen LogP contribution in [0.4, 0.5) is 4.39 Å². The summed E-state index contributed by atoms with van der Waals surface area (Å²) >= 11 is 1.47. The molecule has 0 N–H and O–H groups in total. The first-order valence-electron chi connectivity index (χ1n) is 7.98. The van der Waals surface area contributed by atoms with Gasteiger partial charge in [0.15, 0.2) is 5.16 Å². The molecule has 0 amide bonds. The smallest absolute Gasteiger partial charge is 0.266 e. The highest BCUT2D eigenvalue weighted by molar-refractivity contribution is 7.99. The van der Waals surface area contributed by atoms with Gasteiger partial charge >= 0.3 is 0 Å². The lowest BCUT2D eigenvalue weighted by atomic mass is 10.2. The molecule has 0 aliphatic rings. The lowest BCUT2D eigenvalue weighted by Crippen LogP contribution is -2.21. The van der Waals surface area contributed by atoms with Crippen LogP contribution in [0.3, 0.4) is 0 Å². The molecule has 3 aromatic rings. The van der Waals surface area contributed by atoms with Gasteiger partial charge in [0, 0.05) is 12.2 Å². The first-order chi connectivity index (χ1) is 12.2. The largest absolute Gasteiger partial charge is 0.268 e. The van der Waals surface area contributed by atoms with Gasteiger partial charge in [0.2, 0.25) is 0 Å². The number of para-hydroxylation sites is 1. The van der Waals surface area contributed by atoms with Crippen LogP contribution in [-0.4, -0.2) is 15.3 Å². The molecule has 0 saturated carbocycles. The van der Waals surface area contributed by atoms with Crippen LogP contribution in [0.2, 0.25) is 0 Å². The molecule has 25 heavy (non-hydrogen) atoms. The molecule has 0 aliphatic carbocycles. The molecule has 1 aromatic heterocycles. The number of unbranched alkanes of at least 4 members (excludes halogenated alkanes) is 2. The van der Waals surface area contributed by atoms with Crippen LogP contribution in [-0.2, 0) is 0 Å². The summed E-state index contributed by atoms with van der Waals surface area (Å²) in [6.45, 7) is 0. The van der Waals surface area contributed by atoms with Crippen LogP contribution < -0.4 is 5.56 Å². The summed E-state index contributed by atoms with van der Waals surface area (Å²) in [4.78, 5) is 17.6. The van der Waals surface area contributed by atoms with E-state index in [2.05, 4.69) is 11.1 Å². The summed E-state index contributed by atoms with van der Waals surface area (Å²) in [5.74, 6) is 0.407. The van der Waals surface area contributed by atoms with E-state index in [-0.39, 0.29) is 11.4 Å². The molecule has 0 saturated heterocycles. The number of aromatic nitrogens is 2. The molecular weight excluding hydrogens is 337 g/mol. The van der Waals surface area contributed by atoms with Crippen molar-refractivity contribution in [3.8, 4) is 11.8 Å². The van der Waals surface area contributed by atoms with Crippen LogP contribution in [0.5, 0.6) is 0 Å². The van der Waals surface area contributed by atoms with E-state index >= 15 is 0 Å². The highest BCUT2D eigenvalue weighted by Crippen LogP contribution is 2.22. The Morgan fingerprint density at radius 3 is 2.64 bits per heavy atom. The second-order valence-electron chi connectivity index (χ2n) is 5.49. The standard InChI is InChI=1S/C19H16FN3OS/c20-14-8-10-15(11-9-14)23-18(24)16-6-2-3-7-17(16)22-19(23)25-13-5-1-4-12-21/h2-3,6-11H,1,4-5,13H2. The van der Waals surface area contributed by atoms with E-state index < -0.39 is 0 Å². The molecular formula is C19H16FN3OS. The van der Waals surface area contributed by atoms with Gasteiger partial charge in [-0.15, -0.1) is 0 Å². The average Bonchev–Trinajstić information content (AvgIpc) is 2.63. The fourth-order valence-electron chi connectivity index (χ4n) is 2.50. The van der Waals surface area contributed by atoms with E-state index in [1.54, 1.807) is 24.3 Å². The van der Waals surface area contributed by atoms with Crippen LogP contribution in [0.15, 0.2) is 58.5 Å². The Hall–Kier alpha value is -2.65. The van der Waals surface area contributed by atoms with Crippen LogP contribution >= 0.6 is 11.8 Å². The molecule has 6 heteroatoms. The van der Waals surface area contributed by atoms with Gasteiger partial charge in [-0.2, -0.15) is 5.26 Å². The molecule has 0 aliphatic heterocycles. The zero-order valence-electron chi connectivity index (χ0n) is 13.5. The third kappa shape index (κ3) is 3.89. The van der Waals surface area contributed by atoms with E-state index in [0.717, 1.165) is 18.6 Å². The molecule has 4 nitrogen and oxygen atoms in total. The van der Waals surface area contributed by atoms with Crippen molar-refractivity contribution < 1.29 is 4.39 Å². The Balaban J connectivity index is 2.03. The van der Waals surface area contributed by atoms with Gasteiger partial charge in [0.25, 0.3) is 5.56 Å². The van der Waals surface area contributed by atoms with Crippen molar-refractivity contribution in [2.75, 3.05) is 5.75 Å². The van der Waals surface area contributed by atoms with E-state index in [4.69, 9.17) is 5.26 Å². The lowest BCUT2D eigenvalue weighted by molar-refractivity contribution is 0.627. The van der Waals surface area contributed by atoms with Crippen molar-refractivity contribution in [1.29, 1.82) is 5.26 Å². The maximum absolute atomic E-state index is 13.2. The normalized spacial score (nSPS) is 10.7. The minimum absolute atomic E-state index is 0.170. The second kappa shape index (κ2) is 7.95. The minimum Gasteiger partial charge on any atom is -0.268 e. The van der Waals surface area contributed by atoms with Gasteiger partial charge in [0.05, 0.1) is 22.7 Å². The zero-order valence-corrected chi connectivity index (χ0v) is 14.3. The fraction of sp³-hybridized carbons (Fsp3) is 0.211. The second-order valence-corrected chi connectivity index (χ2v) is 6.55. The molecule has 0 atom stereocenters. The Morgan fingerprint density at radius 1 is 1.12 bits per heavy atom. The third-order valence-electron chi connectivity index (χ3n) is 3.74. The minimum atomic E-state index is -0.351. The molecule has 126 valence electrons. The number of thioether (sulfide) groups is 1. The molecule has 0 unspecified atom stereocenters. The van der Waals surface area contributed by atoms with E-state index in [0.29, 0.717) is 28.2 Å². The monoisotopic (exact) mass is 353 g/mol. The van der Waals surface area contributed by atoms with Crippen molar-refractivity contribution in [3.63, 3.8) is 0 Å². The number of hydrogen-bond acceptors (Lipinski definition) is 4. The van der Waals surface area contributed by atoms with Gasteiger partial charge in [-0.1, -0.05) is 23.9 Å². The van der Waals surface area contributed by atoms with Crippen LogP contribution in [0, 0.1) is 17.1 Å². The number of hydrogen-bond donors (Lipinski definition) is 0. The average molecular weight is 353 g/mol. The molecule has 0 radical (unpaired) electrons. The zero-order chi connectivity index (χ0) is 17.6. The quantitative estimate of drug-likeness (QED) is 0.376. The lowest BCUT2D eigenvalue weighted by Gasteiger charge is -2.13. The Morgan fingerprint density at radius 2 is 1.88 bits per heavy atom. The summed E-state index contributed by atoms with van der Waals surface area (Å²) in [6.07, 6.45) is 2.21. The summed E-state index contributed by atoms with van der Waals surface area (Å²) in [5, 5.41) is 9.71. The van der Waals surface area contributed by atoms with Gasteiger partial charge in [0.1, 0.15) is 5.82 Å². The molecule has 3 rings (SSSR count). The van der Waals surface area contributed by atoms with Gasteiger partial charge in [-0.25, -0.2) is 9.37 Å². The number of fused-ring (bicyclic) bond motifs is 1. The van der Waals surface area contributed by atoms with E-state index in [1.165, 1.54) is 28.5 Å². The number of nitriles is 1. The SMILES string of the molecule is N#CCCCCSc1nc2ccccc2c(=O)n1-c1ccc(F)cc1.